The number of carbonyl (C=O) groups excluding carboxylic acids is 2. The Morgan fingerprint density at radius 1 is 0.756 bits per heavy atom. The fourth-order valence-corrected chi connectivity index (χ4v) is 4.42. The maximum Gasteiger partial charge on any atom is 0.251 e. The van der Waals surface area contributed by atoms with Crippen molar-refractivity contribution in [3.8, 4) is 22.3 Å². The molecule has 0 saturated heterocycles. The van der Waals surface area contributed by atoms with Crippen LogP contribution in [0.3, 0.4) is 0 Å². The van der Waals surface area contributed by atoms with Crippen LogP contribution in [0.5, 0.6) is 0 Å². The van der Waals surface area contributed by atoms with Crippen molar-refractivity contribution >= 4 is 23.0 Å². The lowest BCUT2D eigenvalue weighted by atomic mass is 9.93. The van der Waals surface area contributed by atoms with Crippen molar-refractivity contribution in [1.29, 1.82) is 0 Å². The first kappa shape index (κ1) is 34.1. The topological polar surface area (TPSA) is 96.9 Å². The van der Waals surface area contributed by atoms with Gasteiger partial charge >= 0.3 is 0 Å². The third-order valence-corrected chi connectivity index (χ3v) is 6.74. The van der Waals surface area contributed by atoms with Gasteiger partial charge in [-0.25, -0.2) is 0 Å². The quantitative estimate of drug-likeness (QED) is 0.0987. The summed E-state index contributed by atoms with van der Waals surface area (Å²) in [5.74, 6) is -0.408. The average Bonchev–Trinajstić information content (AvgIpc) is 3.10. The lowest BCUT2D eigenvalue weighted by molar-refractivity contribution is -0.117. The third-order valence-electron chi connectivity index (χ3n) is 6.74. The molecule has 0 aliphatic heterocycles. The third kappa shape index (κ3) is 9.79. The fourth-order valence-electron chi connectivity index (χ4n) is 4.42. The zero-order valence-electron chi connectivity index (χ0n) is 26.5. The first-order chi connectivity index (χ1) is 21.9. The van der Waals surface area contributed by atoms with Gasteiger partial charge < -0.3 is 10.6 Å². The van der Waals surface area contributed by atoms with Crippen molar-refractivity contribution in [2.75, 3.05) is 13.1 Å². The number of hydrogen-bond donors (Lipinski definition) is 2. The Morgan fingerprint density at radius 2 is 1.40 bits per heavy atom. The van der Waals surface area contributed by atoms with Crippen LogP contribution in [0.25, 0.3) is 33.4 Å². The van der Waals surface area contributed by atoms with Gasteiger partial charge in [0.05, 0.1) is 0 Å². The lowest BCUT2D eigenvalue weighted by Crippen LogP contribution is -2.30. The van der Waals surface area contributed by atoms with Crippen LogP contribution in [-0.2, 0) is 4.79 Å². The van der Waals surface area contributed by atoms with Crippen molar-refractivity contribution in [2.24, 2.45) is 0 Å². The van der Waals surface area contributed by atoms with Crippen molar-refractivity contribution in [2.45, 2.75) is 34.1 Å². The Bertz CT molecular complexity index is 1680. The van der Waals surface area contributed by atoms with Crippen LogP contribution in [0.4, 0.5) is 0 Å². The van der Waals surface area contributed by atoms with Crippen LogP contribution in [0.1, 0.15) is 55.6 Å². The Hall–Kier alpha value is -5.43. The second kappa shape index (κ2) is 17.6. The standard InChI is InChI=1S/C36H35N5O2.C2H6/c1-5-26(28-10-7-12-37-21-28)16-27(6-2)30-17-31(34-20-33(23-39-24-34)29-11-8-13-38-22-29)19-32(18-30)36(43)41-15-9-14-40-35(42)25(3)4;1-2/h5-8,10-13,16-24H,2-3,9,14-15H2,1,4H3,(H,40,42)(H,41,43);1-2H3/b26-5+,27-16+;. The highest BCUT2D eigenvalue weighted by Gasteiger charge is 2.13. The summed E-state index contributed by atoms with van der Waals surface area (Å²) < 4.78 is 0. The Morgan fingerprint density at radius 3 is 2.02 bits per heavy atom. The van der Waals surface area contributed by atoms with E-state index in [9.17, 15) is 9.59 Å². The molecule has 2 amide bonds. The zero-order chi connectivity index (χ0) is 32.6. The van der Waals surface area contributed by atoms with E-state index >= 15 is 0 Å². The van der Waals surface area contributed by atoms with Gasteiger partial charge in [0, 0.05) is 78.1 Å². The Labute approximate surface area is 266 Å². The summed E-state index contributed by atoms with van der Waals surface area (Å²) in [6.45, 7) is 16.2. The van der Waals surface area contributed by atoms with E-state index in [1.54, 1.807) is 44.0 Å². The van der Waals surface area contributed by atoms with Crippen molar-refractivity contribution in [3.63, 3.8) is 0 Å². The van der Waals surface area contributed by atoms with Gasteiger partial charge in [-0.2, -0.15) is 0 Å². The summed E-state index contributed by atoms with van der Waals surface area (Å²) in [6, 6.07) is 15.6. The molecule has 0 aliphatic carbocycles. The van der Waals surface area contributed by atoms with Crippen molar-refractivity contribution in [1.82, 2.24) is 25.6 Å². The summed E-state index contributed by atoms with van der Waals surface area (Å²) in [5.41, 5.74) is 8.17. The van der Waals surface area contributed by atoms with Gasteiger partial charge in [-0.1, -0.05) is 51.3 Å². The molecule has 7 nitrogen and oxygen atoms in total. The smallest absolute Gasteiger partial charge is 0.251 e. The molecule has 1 aromatic carbocycles. The normalized spacial score (nSPS) is 11.1. The molecule has 7 heteroatoms. The second-order valence-electron chi connectivity index (χ2n) is 9.94. The number of benzene rings is 1. The number of carbonyl (C=O) groups is 2. The highest BCUT2D eigenvalue weighted by molar-refractivity contribution is 5.98. The van der Waals surface area contributed by atoms with E-state index < -0.39 is 0 Å². The highest BCUT2D eigenvalue weighted by Crippen LogP contribution is 2.30. The van der Waals surface area contributed by atoms with Crippen LogP contribution < -0.4 is 10.6 Å². The molecule has 4 aromatic rings. The second-order valence-corrected chi connectivity index (χ2v) is 9.94. The zero-order valence-corrected chi connectivity index (χ0v) is 26.5. The number of aromatic nitrogens is 3. The van der Waals surface area contributed by atoms with E-state index in [1.807, 2.05) is 87.7 Å². The largest absolute Gasteiger partial charge is 0.352 e. The van der Waals surface area contributed by atoms with Gasteiger partial charge in [-0.05, 0) is 90.6 Å². The molecule has 4 rings (SSSR count). The minimum Gasteiger partial charge on any atom is -0.352 e. The summed E-state index contributed by atoms with van der Waals surface area (Å²) in [4.78, 5) is 38.1. The van der Waals surface area contributed by atoms with Gasteiger partial charge in [0.2, 0.25) is 5.91 Å². The molecular weight excluding hydrogens is 558 g/mol. The maximum atomic E-state index is 13.4. The number of hydrogen-bond acceptors (Lipinski definition) is 5. The molecule has 0 fully saturated rings. The van der Waals surface area contributed by atoms with Crippen molar-refractivity contribution < 1.29 is 9.59 Å². The van der Waals surface area contributed by atoms with Gasteiger partial charge in [-0.3, -0.25) is 24.5 Å². The van der Waals surface area contributed by atoms with E-state index in [1.165, 1.54) is 0 Å². The fraction of sp³-hybridized carbons (Fsp3) is 0.184. The lowest BCUT2D eigenvalue weighted by Gasteiger charge is -2.13. The molecule has 0 aliphatic rings. The molecule has 3 heterocycles. The number of allylic oxidation sites excluding steroid dienone is 5. The minimum atomic E-state index is -0.215. The summed E-state index contributed by atoms with van der Waals surface area (Å²) in [7, 11) is 0. The van der Waals surface area contributed by atoms with Gasteiger partial charge in [0.25, 0.3) is 5.91 Å². The molecule has 2 N–H and O–H groups in total. The molecular formula is C38H41N5O2. The van der Waals surface area contributed by atoms with Crippen LogP contribution in [0, 0.1) is 0 Å². The first-order valence-electron chi connectivity index (χ1n) is 15.0. The molecule has 0 atom stereocenters. The van der Waals surface area contributed by atoms with Crippen LogP contribution in [0.15, 0.2) is 123 Å². The SMILES string of the molecule is C=C/C(=C\C(=C/C)c1cccnc1)c1cc(C(=O)NCCCNC(=O)C(=C)C)cc(-c2cncc(-c3cccnc3)c2)c1.CC. The first-order valence-corrected chi connectivity index (χ1v) is 15.0. The predicted molar refractivity (Wildman–Crippen MR) is 185 cm³/mol. The van der Waals surface area contributed by atoms with E-state index in [-0.39, 0.29) is 11.8 Å². The Kier molecular flexibility index (Phi) is 13.3. The summed E-state index contributed by atoms with van der Waals surface area (Å²) in [6.07, 6.45) is 17.1. The van der Waals surface area contributed by atoms with Gasteiger partial charge in [0.1, 0.15) is 0 Å². The molecule has 0 saturated carbocycles. The molecule has 45 heavy (non-hydrogen) atoms. The Balaban J connectivity index is 0.00000271. The van der Waals surface area contributed by atoms with E-state index in [4.69, 9.17) is 0 Å². The summed E-state index contributed by atoms with van der Waals surface area (Å²) in [5, 5.41) is 5.76. The van der Waals surface area contributed by atoms with Crippen molar-refractivity contribution in [3.05, 3.63) is 139 Å². The molecule has 3 aromatic heterocycles. The van der Waals surface area contributed by atoms with E-state index in [0.29, 0.717) is 30.6 Å². The molecule has 0 radical (unpaired) electrons. The van der Waals surface area contributed by atoms with Crippen LogP contribution >= 0.6 is 0 Å². The molecule has 230 valence electrons. The minimum absolute atomic E-state index is 0.193. The van der Waals surface area contributed by atoms with Gasteiger partial charge in [0.15, 0.2) is 0 Å². The number of nitrogens with one attached hydrogen (secondary N) is 2. The monoisotopic (exact) mass is 599 g/mol. The maximum absolute atomic E-state index is 13.4. The predicted octanol–water partition coefficient (Wildman–Crippen LogP) is 7.72. The number of nitrogens with zero attached hydrogens (tertiary/aromatic N) is 3. The van der Waals surface area contributed by atoms with Crippen LogP contribution in [0.2, 0.25) is 0 Å². The molecule has 0 unspecified atom stereocenters. The van der Waals surface area contributed by atoms with E-state index in [0.717, 1.165) is 44.5 Å². The number of amides is 2. The molecule has 0 bridgehead atoms. The number of pyridine rings is 3. The van der Waals surface area contributed by atoms with E-state index in [2.05, 4.69) is 38.7 Å². The summed E-state index contributed by atoms with van der Waals surface area (Å²) >= 11 is 0. The highest BCUT2D eigenvalue weighted by atomic mass is 16.2. The van der Waals surface area contributed by atoms with Crippen LogP contribution in [-0.4, -0.2) is 39.9 Å². The molecule has 0 spiro atoms. The average molecular weight is 600 g/mol. The van der Waals surface area contributed by atoms with Gasteiger partial charge in [-0.15, -0.1) is 0 Å². The number of rotatable bonds is 12.